The Kier molecular flexibility index (Phi) is 8.57. The summed E-state index contributed by atoms with van der Waals surface area (Å²) in [6, 6.07) is 8.09. The highest BCUT2D eigenvalue weighted by molar-refractivity contribution is 8.14. The van der Waals surface area contributed by atoms with Crippen molar-refractivity contribution in [1.82, 2.24) is 0 Å². The van der Waals surface area contributed by atoms with Crippen LogP contribution in [-0.2, 0) is 17.6 Å². The number of carboxylic acid groups (broad SMARTS) is 1. The first-order valence-electron chi connectivity index (χ1n) is 7.14. The van der Waals surface area contributed by atoms with Crippen molar-refractivity contribution in [3.63, 3.8) is 0 Å². The van der Waals surface area contributed by atoms with Crippen LogP contribution in [0, 0.1) is 10.8 Å². The quantitative estimate of drug-likeness (QED) is 0.341. The van der Waals surface area contributed by atoms with E-state index < -0.39 is 5.97 Å². The molecule has 23 heavy (non-hydrogen) atoms. The fourth-order valence-corrected chi connectivity index (χ4v) is 3.48. The van der Waals surface area contributed by atoms with E-state index in [9.17, 15) is 4.79 Å². The minimum Gasteiger partial charge on any atom is -0.481 e. The number of carbonyl (C=O) groups is 1. The third-order valence-corrected chi connectivity index (χ3v) is 4.82. The number of rotatable bonds is 9. The molecule has 0 bridgehead atoms. The van der Waals surface area contributed by atoms with E-state index in [0.717, 1.165) is 17.7 Å². The third-order valence-electron chi connectivity index (χ3n) is 3.11. The predicted octanol–water partition coefficient (Wildman–Crippen LogP) is 2.26. The summed E-state index contributed by atoms with van der Waals surface area (Å²) >= 11 is 2.54. The Morgan fingerprint density at radius 3 is 2.26 bits per heavy atom. The summed E-state index contributed by atoms with van der Waals surface area (Å²) in [5.41, 5.74) is 13.0. The van der Waals surface area contributed by atoms with Crippen molar-refractivity contribution in [2.75, 3.05) is 5.75 Å². The summed E-state index contributed by atoms with van der Waals surface area (Å²) in [7, 11) is 0. The van der Waals surface area contributed by atoms with E-state index in [0.29, 0.717) is 12.8 Å². The van der Waals surface area contributed by atoms with Gasteiger partial charge in [0, 0.05) is 17.4 Å². The number of aliphatic carboxylic acids is 1. The number of nitrogens with one attached hydrogen (secondary N) is 2. The zero-order valence-electron chi connectivity index (χ0n) is 12.7. The van der Waals surface area contributed by atoms with E-state index in [1.165, 1.54) is 29.1 Å². The number of hydrogen-bond acceptors (Lipinski definition) is 5. The maximum Gasteiger partial charge on any atom is 0.303 e. The first kappa shape index (κ1) is 19.4. The zero-order chi connectivity index (χ0) is 17.2. The van der Waals surface area contributed by atoms with Gasteiger partial charge in [0.2, 0.25) is 0 Å². The number of aryl methyl sites for hydroxylation is 1. The van der Waals surface area contributed by atoms with E-state index in [2.05, 4.69) is 0 Å². The molecule has 6 nitrogen and oxygen atoms in total. The Bertz CT molecular complexity index is 549. The lowest BCUT2D eigenvalue weighted by Gasteiger charge is -2.15. The molecule has 126 valence electrons. The van der Waals surface area contributed by atoms with Gasteiger partial charge in [-0.15, -0.1) is 0 Å². The van der Waals surface area contributed by atoms with Crippen LogP contribution < -0.4 is 11.5 Å². The van der Waals surface area contributed by atoms with Gasteiger partial charge in [0.05, 0.1) is 0 Å². The van der Waals surface area contributed by atoms with Crippen LogP contribution in [0.15, 0.2) is 24.3 Å². The van der Waals surface area contributed by atoms with Gasteiger partial charge in [-0.2, -0.15) is 0 Å². The fraction of sp³-hybridized carbons (Fsp3) is 0.400. The molecule has 0 aliphatic heterocycles. The summed E-state index contributed by atoms with van der Waals surface area (Å²) in [4.78, 5) is 10.7. The number of amidine groups is 2. The van der Waals surface area contributed by atoms with Crippen LogP contribution in [0.25, 0.3) is 0 Å². The summed E-state index contributed by atoms with van der Waals surface area (Å²) in [5.74, 6) is -0.0618. The van der Waals surface area contributed by atoms with Crippen molar-refractivity contribution in [1.29, 1.82) is 10.8 Å². The Labute approximate surface area is 144 Å². The van der Waals surface area contributed by atoms with Crippen LogP contribution in [0.3, 0.4) is 0 Å². The molecule has 1 aromatic rings. The van der Waals surface area contributed by atoms with Crippen molar-refractivity contribution in [2.24, 2.45) is 11.5 Å². The predicted molar refractivity (Wildman–Crippen MR) is 98.4 cm³/mol. The molecule has 1 atom stereocenters. The SMILES string of the molecule is N=C(N)SCCc1ccc(C[C@@H](CCC(=O)O)SC(=N)N)cc1. The lowest BCUT2D eigenvalue weighted by molar-refractivity contribution is -0.137. The molecule has 0 saturated carbocycles. The number of thioether (sulfide) groups is 2. The minimum absolute atomic E-state index is 0.0114. The van der Waals surface area contributed by atoms with Crippen molar-refractivity contribution >= 4 is 39.8 Å². The molecule has 8 heteroatoms. The summed E-state index contributed by atoms with van der Waals surface area (Å²) in [6.45, 7) is 0. The van der Waals surface area contributed by atoms with Gasteiger partial charge in [-0.1, -0.05) is 47.8 Å². The average Bonchev–Trinajstić information content (AvgIpc) is 2.45. The molecule has 0 unspecified atom stereocenters. The Balaban J connectivity index is 2.56. The molecule has 0 aliphatic rings. The molecule has 0 saturated heterocycles. The van der Waals surface area contributed by atoms with Crippen LogP contribution in [0.1, 0.15) is 24.0 Å². The number of nitrogens with two attached hydrogens (primary N) is 2. The van der Waals surface area contributed by atoms with E-state index in [1.807, 2.05) is 24.3 Å². The smallest absolute Gasteiger partial charge is 0.303 e. The molecular weight excluding hydrogens is 332 g/mol. The standard InChI is InChI=1S/C15H22N4O2S2/c16-14(17)22-8-7-10-1-3-11(4-2-10)9-12(23-15(18)19)5-6-13(20)21/h1-4,12H,5-9H2,(H3,16,17)(H3,18,19)(H,20,21)/t12-/m1/s1. The van der Waals surface area contributed by atoms with Crippen LogP contribution in [0.4, 0.5) is 0 Å². The Morgan fingerprint density at radius 2 is 1.74 bits per heavy atom. The zero-order valence-corrected chi connectivity index (χ0v) is 14.4. The van der Waals surface area contributed by atoms with Gasteiger partial charge in [0.15, 0.2) is 10.3 Å². The van der Waals surface area contributed by atoms with E-state index in [-0.39, 0.29) is 22.0 Å². The molecule has 0 heterocycles. The monoisotopic (exact) mass is 354 g/mol. The maximum absolute atomic E-state index is 10.7. The summed E-state index contributed by atoms with van der Waals surface area (Å²) in [5, 5.41) is 23.5. The highest BCUT2D eigenvalue weighted by Crippen LogP contribution is 2.21. The molecule has 0 amide bonds. The van der Waals surface area contributed by atoms with E-state index in [1.54, 1.807) is 0 Å². The van der Waals surface area contributed by atoms with Crippen molar-refractivity contribution in [3.8, 4) is 0 Å². The molecule has 0 spiro atoms. The Hall–Kier alpha value is -1.67. The molecule has 0 aromatic heterocycles. The molecule has 1 aromatic carbocycles. The summed E-state index contributed by atoms with van der Waals surface area (Å²) < 4.78 is 0. The molecule has 0 fully saturated rings. The maximum atomic E-state index is 10.7. The van der Waals surface area contributed by atoms with Gasteiger partial charge >= 0.3 is 5.97 Å². The van der Waals surface area contributed by atoms with Crippen molar-refractivity contribution in [3.05, 3.63) is 35.4 Å². The highest BCUT2D eigenvalue weighted by atomic mass is 32.2. The number of benzene rings is 1. The second-order valence-electron chi connectivity index (χ2n) is 5.02. The van der Waals surface area contributed by atoms with E-state index >= 15 is 0 Å². The molecule has 7 N–H and O–H groups in total. The molecule has 1 rings (SSSR count). The fourth-order valence-electron chi connectivity index (χ4n) is 2.05. The van der Waals surface area contributed by atoms with Crippen molar-refractivity contribution < 1.29 is 9.90 Å². The largest absolute Gasteiger partial charge is 0.481 e. The van der Waals surface area contributed by atoms with Gasteiger partial charge in [-0.05, 0) is 30.4 Å². The van der Waals surface area contributed by atoms with Gasteiger partial charge in [0.25, 0.3) is 0 Å². The molecular formula is C15H22N4O2S2. The van der Waals surface area contributed by atoms with Crippen LogP contribution in [0.5, 0.6) is 0 Å². The Morgan fingerprint density at radius 1 is 1.13 bits per heavy atom. The van der Waals surface area contributed by atoms with Gasteiger partial charge in [0.1, 0.15) is 0 Å². The third kappa shape index (κ3) is 9.14. The number of hydrogen-bond donors (Lipinski definition) is 5. The van der Waals surface area contributed by atoms with Gasteiger partial charge in [-0.25, -0.2) is 0 Å². The van der Waals surface area contributed by atoms with Gasteiger partial charge < -0.3 is 16.6 Å². The second-order valence-corrected chi connectivity index (χ2v) is 7.50. The average molecular weight is 355 g/mol. The van der Waals surface area contributed by atoms with Gasteiger partial charge in [-0.3, -0.25) is 15.6 Å². The highest BCUT2D eigenvalue weighted by Gasteiger charge is 2.14. The van der Waals surface area contributed by atoms with E-state index in [4.69, 9.17) is 27.4 Å². The first-order chi connectivity index (χ1) is 10.9. The normalized spacial score (nSPS) is 11.8. The van der Waals surface area contributed by atoms with Crippen LogP contribution in [-0.4, -0.2) is 32.4 Å². The van der Waals surface area contributed by atoms with Crippen LogP contribution in [0.2, 0.25) is 0 Å². The topological polar surface area (TPSA) is 137 Å². The lowest BCUT2D eigenvalue weighted by Crippen LogP contribution is -2.16. The first-order valence-corrected chi connectivity index (χ1v) is 9.00. The molecule has 0 radical (unpaired) electrons. The van der Waals surface area contributed by atoms with Crippen LogP contribution >= 0.6 is 23.5 Å². The lowest BCUT2D eigenvalue weighted by atomic mass is 10.0. The number of carboxylic acids is 1. The summed E-state index contributed by atoms with van der Waals surface area (Å²) in [6.07, 6.45) is 2.08. The second kappa shape index (κ2) is 10.2. The molecule has 0 aliphatic carbocycles. The van der Waals surface area contributed by atoms with Crippen molar-refractivity contribution in [2.45, 2.75) is 30.9 Å². The minimum atomic E-state index is -0.836.